The van der Waals surface area contributed by atoms with E-state index in [2.05, 4.69) is 33.4 Å². The number of aromatic nitrogens is 5. The van der Waals surface area contributed by atoms with Crippen molar-refractivity contribution >= 4 is 22.5 Å². The summed E-state index contributed by atoms with van der Waals surface area (Å²) in [6.45, 7) is 7.33. The number of carbonyl (C=O) groups excluding carboxylic acids is 1. The number of carbonyl (C=O) groups is 1. The molecule has 0 amide bonds. The van der Waals surface area contributed by atoms with E-state index in [0.29, 0.717) is 22.9 Å². The molecular formula is C27H26KN6O-. The Bertz CT molecular complexity index is 1460. The molecule has 1 N–H and O–H groups in total. The van der Waals surface area contributed by atoms with Crippen molar-refractivity contribution in [1.29, 1.82) is 0 Å². The zero-order valence-electron chi connectivity index (χ0n) is 20.9. The summed E-state index contributed by atoms with van der Waals surface area (Å²) < 4.78 is 3.46. The third-order valence-corrected chi connectivity index (χ3v) is 4.81. The number of Topliss-reactive ketones (excluding diaryl/α,β-unsaturated/α-hetero) is 1. The molecule has 1 aromatic carbocycles. The van der Waals surface area contributed by atoms with Crippen molar-refractivity contribution in [3.63, 3.8) is 0 Å². The van der Waals surface area contributed by atoms with Crippen molar-refractivity contribution in [2.75, 3.05) is 5.32 Å². The van der Waals surface area contributed by atoms with Gasteiger partial charge in [0.25, 0.3) is 0 Å². The van der Waals surface area contributed by atoms with Crippen molar-refractivity contribution in [1.82, 2.24) is 24.3 Å². The summed E-state index contributed by atoms with van der Waals surface area (Å²) in [5, 5.41) is 7.60. The number of nitrogens with one attached hydrogen (secondary N) is 1. The van der Waals surface area contributed by atoms with E-state index in [-0.39, 0.29) is 64.6 Å². The third-order valence-electron chi connectivity index (χ3n) is 4.81. The topological polar surface area (TPSA) is 77.6 Å². The zero-order valence-corrected chi connectivity index (χ0v) is 24.0. The molecule has 0 aliphatic carbocycles. The van der Waals surface area contributed by atoms with Crippen molar-refractivity contribution in [3.8, 4) is 23.5 Å². The smallest absolute Gasteiger partial charge is 0.468 e. The van der Waals surface area contributed by atoms with Crippen LogP contribution in [0, 0.1) is 25.5 Å². The second-order valence-corrected chi connectivity index (χ2v) is 7.62. The molecule has 4 rings (SSSR count). The number of imidazole rings is 1. The maximum absolute atomic E-state index is 12.2. The van der Waals surface area contributed by atoms with E-state index in [9.17, 15) is 4.79 Å². The Balaban J connectivity index is 0.00000216. The predicted octanol–water partition coefficient (Wildman–Crippen LogP) is 2.33. The van der Waals surface area contributed by atoms with Crippen LogP contribution in [0.15, 0.2) is 66.6 Å². The molecule has 35 heavy (non-hydrogen) atoms. The quantitative estimate of drug-likeness (QED) is 0.112. The number of allylic oxidation sites excluding steroid dienone is 3. The molecule has 0 bridgehead atoms. The molecule has 3 aromatic heterocycles. The van der Waals surface area contributed by atoms with Crippen molar-refractivity contribution < 1.29 is 56.2 Å². The molecule has 0 atom stereocenters. The fourth-order valence-electron chi connectivity index (χ4n) is 3.26. The molecular weight excluding hydrogens is 463 g/mol. The Morgan fingerprint density at radius 2 is 1.94 bits per heavy atom. The summed E-state index contributed by atoms with van der Waals surface area (Å²) in [4.78, 5) is 21.5. The number of nitrogens with zero attached hydrogens (tertiary/aromatic N) is 5. The number of anilines is 1. The van der Waals surface area contributed by atoms with Crippen LogP contribution >= 0.6 is 0 Å². The summed E-state index contributed by atoms with van der Waals surface area (Å²) in [5.74, 6) is 6.72. The van der Waals surface area contributed by atoms with Crippen LogP contribution in [0.2, 0.25) is 0 Å². The standard InChI is InChI=1S/C26H23N6O.CH3.K/c1-5-7-20-13-15-32(30-20)26-22(19(4)33)10-12-25(29-26)31-17-28-23-11-9-21(16-24(23)31)27-14-6-8-18(2)3;;/h6,8-13,15-17,27H,1-4H3;1H3;/q2*-1;+1. The van der Waals surface area contributed by atoms with Gasteiger partial charge >= 0.3 is 51.4 Å². The van der Waals surface area contributed by atoms with Gasteiger partial charge in [-0.25, -0.2) is 14.6 Å². The van der Waals surface area contributed by atoms with E-state index < -0.39 is 0 Å². The number of hydrogen-bond acceptors (Lipinski definition) is 5. The van der Waals surface area contributed by atoms with Gasteiger partial charge in [-0.3, -0.25) is 9.36 Å². The van der Waals surface area contributed by atoms with Crippen LogP contribution in [0.4, 0.5) is 5.69 Å². The Kier molecular flexibility index (Phi) is 10.4. The predicted molar refractivity (Wildman–Crippen MR) is 136 cm³/mol. The molecule has 3 heterocycles. The average Bonchev–Trinajstić information content (AvgIpc) is 3.43. The van der Waals surface area contributed by atoms with Gasteiger partial charge in [0.05, 0.1) is 16.6 Å². The maximum Gasteiger partial charge on any atom is 1.00 e. The van der Waals surface area contributed by atoms with E-state index in [1.807, 2.05) is 48.8 Å². The fourth-order valence-corrected chi connectivity index (χ4v) is 3.26. The van der Waals surface area contributed by atoms with E-state index in [1.54, 1.807) is 42.3 Å². The molecule has 0 fully saturated rings. The first-order valence-corrected chi connectivity index (χ1v) is 10.4. The Morgan fingerprint density at radius 3 is 2.66 bits per heavy atom. The van der Waals surface area contributed by atoms with Gasteiger partial charge in [-0.05, 0) is 44.0 Å². The molecule has 0 saturated carbocycles. The Morgan fingerprint density at radius 1 is 1.14 bits per heavy atom. The van der Waals surface area contributed by atoms with E-state index in [4.69, 9.17) is 4.98 Å². The number of pyridine rings is 1. The summed E-state index contributed by atoms with van der Waals surface area (Å²) in [6.07, 6.45) is 10.3. The molecule has 0 aliphatic heterocycles. The molecule has 0 unspecified atom stereocenters. The normalized spacial score (nSPS) is 10.2. The van der Waals surface area contributed by atoms with Crippen molar-refractivity contribution in [2.24, 2.45) is 0 Å². The molecule has 172 valence electrons. The number of fused-ring (bicyclic) bond motifs is 1. The second-order valence-electron chi connectivity index (χ2n) is 7.62. The minimum atomic E-state index is -0.0941. The van der Waals surface area contributed by atoms with Crippen LogP contribution in [-0.2, 0) is 0 Å². The van der Waals surface area contributed by atoms with Gasteiger partial charge < -0.3 is 12.7 Å². The second kappa shape index (κ2) is 12.8. The average molecular weight is 490 g/mol. The summed E-state index contributed by atoms with van der Waals surface area (Å²) >= 11 is 0. The molecule has 7 nitrogen and oxygen atoms in total. The van der Waals surface area contributed by atoms with Gasteiger partial charge in [0.1, 0.15) is 17.8 Å². The van der Waals surface area contributed by atoms with E-state index in [1.165, 1.54) is 12.5 Å². The third kappa shape index (κ3) is 6.66. The van der Waals surface area contributed by atoms with Gasteiger partial charge in [-0.15, -0.1) is 11.8 Å². The van der Waals surface area contributed by atoms with Gasteiger partial charge in [0.2, 0.25) is 0 Å². The number of rotatable bonds is 6. The van der Waals surface area contributed by atoms with Gasteiger partial charge in [0, 0.05) is 6.20 Å². The number of benzene rings is 1. The largest absolute Gasteiger partial charge is 1.00 e. The summed E-state index contributed by atoms with van der Waals surface area (Å²) in [7, 11) is 0. The number of ketones is 1. The van der Waals surface area contributed by atoms with Crippen LogP contribution in [0.1, 0.15) is 43.7 Å². The summed E-state index contributed by atoms with van der Waals surface area (Å²) in [5.41, 5.74) is 4.85. The molecule has 0 saturated heterocycles. The van der Waals surface area contributed by atoms with Crippen LogP contribution in [0.5, 0.6) is 0 Å². The fraction of sp³-hybridized carbons (Fsp3) is 0.148. The first kappa shape index (κ1) is 28.4. The monoisotopic (exact) mass is 489 g/mol. The zero-order chi connectivity index (χ0) is 23.4. The van der Waals surface area contributed by atoms with Crippen LogP contribution in [0.25, 0.3) is 22.7 Å². The van der Waals surface area contributed by atoms with E-state index >= 15 is 0 Å². The van der Waals surface area contributed by atoms with Gasteiger partial charge in [-0.1, -0.05) is 37.6 Å². The molecule has 8 heteroatoms. The van der Waals surface area contributed by atoms with Gasteiger partial charge in [-0.2, -0.15) is 17.3 Å². The summed E-state index contributed by atoms with van der Waals surface area (Å²) in [6, 6.07) is 11.2. The number of hydrogen-bond donors (Lipinski definition) is 1. The van der Waals surface area contributed by atoms with Crippen LogP contribution < -0.4 is 56.7 Å². The molecule has 0 radical (unpaired) electrons. The first-order chi connectivity index (χ1) is 16.0. The first-order valence-electron chi connectivity index (χ1n) is 10.4. The Labute approximate surface area is 248 Å². The van der Waals surface area contributed by atoms with Crippen molar-refractivity contribution in [3.05, 3.63) is 91.5 Å². The van der Waals surface area contributed by atoms with Crippen molar-refractivity contribution in [2.45, 2.75) is 27.7 Å². The maximum atomic E-state index is 12.2. The molecule has 4 aromatic rings. The minimum absolute atomic E-state index is 0. The molecule has 0 spiro atoms. The SMILES string of the molecule is CC#Cc1ccn(-c2nc(-n3cnc4ccc(N[C-]=CC=C(C)C)cc43)ccc2C(C)=O)n1.[CH3-].[K+]. The molecule has 0 aliphatic rings. The minimum Gasteiger partial charge on any atom is -0.468 e. The van der Waals surface area contributed by atoms with Crippen LogP contribution in [0.3, 0.4) is 0 Å². The Hall–Kier alpha value is -2.80. The van der Waals surface area contributed by atoms with Gasteiger partial charge in [0.15, 0.2) is 11.6 Å². The van der Waals surface area contributed by atoms with E-state index in [0.717, 1.165) is 16.7 Å². The van der Waals surface area contributed by atoms with Crippen LogP contribution in [-0.4, -0.2) is 30.1 Å².